The van der Waals surface area contributed by atoms with Crippen molar-refractivity contribution in [1.82, 2.24) is 9.78 Å². The van der Waals surface area contributed by atoms with Crippen molar-refractivity contribution >= 4 is 22.0 Å². The summed E-state index contributed by atoms with van der Waals surface area (Å²) in [4.78, 5) is 0. The molecule has 0 radical (unpaired) electrons. The molecule has 0 aliphatic carbocycles. The van der Waals surface area contributed by atoms with Gasteiger partial charge in [0.25, 0.3) is 0 Å². The van der Waals surface area contributed by atoms with E-state index in [-0.39, 0.29) is 0 Å². The molecule has 4 heteroatoms. The van der Waals surface area contributed by atoms with Crippen LogP contribution in [0.25, 0.3) is 0 Å². The number of rotatable bonds is 10. The third-order valence-electron chi connectivity index (χ3n) is 4.64. The van der Waals surface area contributed by atoms with Crippen LogP contribution in [0.2, 0.25) is 13.3 Å². The van der Waals surface area contributed by atoms with E-state index in [1.165, 1.54) is 55.4 Å². The van der Waals surface area contributed by atoms with Gasteiger partial charge in [0, 0.05) is 0 Å². The second kappa shape index (κ2) is 9.50. The zero-order valence-corrected chi connectivity index (χ0v) is 17.1. The van der Waals surface area contributed by atoms with E-state index in [9.17, 15) is 5.26 Å². The Morgan fingerprint density at radius 3 is 1.90 bits per heavy atom. The molecular formula is C17H31N3Sn. The van der Waals surface area contributed by atoms with Gasteiger partial charge in [0.1, 0.15) is 0 Å². The molecule has 3 nitrogen and oxygen atoms in total. The summed E-state index contributed by atoms with van der Waals surface area (Å²) in [6.07, 6.45) is 9.81. The van der Waals surface area contributed by atoms with Gasteiger partial charge in [0.05, 0.1) is 0 Å². The predicted octanol–water partition coefficient (Wildman–Crippen LogP) is 4.35. The van der Waals surface area contributed by atoms with E-state index in [0.717, 1.165) is 5.69 Å². The zero-order valence-electron chi connectivity index (χ0n) is 14.3. The van der Waals surface area contributed by atoms with Crippen LogP contribution < -0.4 is 3.58 Å². The predicted molar refractivity (Wildman–Crippen MR) is 92.5 cm³/mol. The van der Waals surface area contributed by atoms with E-state index in [4.69, 9.17) is 0 Å². The molecule has 0 N–H and O–H groups in total. The van der Waals surface area contributed by atoms with Crippen molar-refractivity contribution in [3.8, 4) is 6.07 Å². The Labute approximate surface area is 134 Å². The number of unbranched alkanes of at least 4 members (excludes halogenated alkanes) is 3. The quantitative estimate of drug-likeness (QED) is 0.552. The van der Waals surface area contributed by atoms with Crippen LogP contribution in [0.15, 0.2) is 6.20 Å². The Bertz CT molecular complexity index is 437. The fourth-order valence-electron chi connectivity index (χ4n) is 3.28. The van der Waals surface area contributed by atoms with Crippen molar-refractivity contribution in [3.63, 3.8) is 0 Å². The van der Waals surface area contributed by atoms with Gasteiger partial charge >= 0.3 is 135 Å². The van der Waals surface area contributed by atoms with Gasteiger partial charge in [-0.15, -0.1) is 0 Å². The maximum atomic E-state index is 9.55. The van der Waals surface area contributed by atoms with Crippen LogP contribution >= 0.6 is 0 Å². The molecule has 1 aromatic rings. The molecule has 0 atom stereocenters. The summed E-state index contributed by atoms with van der Waals surface area (Å²) < 4.78 is 7.39. The SMILES string of the molecule is CCC[CH2][Sn]([CH2]CCC)([CH2]CCC)[c]1cnn(C)c1C#N. The van der Waals surface area contributed by atoms with Gasteiger partial charge in [-0.1, -0.05) is 0 Å². The summed E-state index contributed by atoms with van der Waals surface area (Å²) in [5.41, 5.74) is 0.856. The molecule has 0 amide bonds. The van der Waals surface area contributed by atoms with Crippen LogP contribution in [0.1, 0.15) is 65.0 Å². The minimum absolute atomic E-state index is 0.856. The monoisotopic (exact) mass is 397 g/mol. The average molecular weight is 396 g/mol. The Morgan fingerprint density at radius 2 is 1.52 bits per heavy atom. The molecule has 0 aliphatic rings. The molecule has 0 bridgehead atoms. The summed E-state index contributed by atoms with van der Waals surface area (Å²) in [6.45, 7) is 6.85. The number of hydrogen-bond acceptors (Lipinski definition) is 2. The van der Waals surface area contributed by atoms with Crippen molar-refractivity contribution in [1.29, 1.82) is 5.26 Å². The molecule has 0 aromatic carbocycles. The van der Waals surface area contributed by atoms with Crippen LogP contribution in [0.4, 0.5) is 0 Å². The first kappa shape index (κ1) is 18.5. The number of aromatic nitrogens is 2. The molecule has 1 aromatic heterocycles. The normalized spacial score (nSPS) is 11.6. The van der Waals surface area contributed by atoms with Crippen LogP contribution in [-0.4, -0.2) is 28.2 Å². The molecule has 0 aliphatic heterocycles. The van der Waals surface area contributed by atoms with Crippen molar-refractivity contribution in [2.45, 2.75) is 72.6 Å². The Kier molecular flexibility index (Phi) is 8.39. The Balaban J connectivity index is 3.20. The van der Waals surface area contributed by atoms with Gasteiger partial charge in [-0.25, -0.2) is 0 Å². The molecule has 21 heavy (non-hydrogen) atoms. The van der Waals surface area contributed by atoms with Crippen molar-refractivity contribution in [2.75, 3.05) is 0 Å². The minimum atomic E-state index is -2.48. The molecule has 0 spiro atoms. The van der Waals surface area contributed by atoms with Gasteiger partial charge in [0.2, 0.25) is 0 Å². The molecule has 118 valence electrons. The molecule has 0 unspecified atom stereocenters. The number of aryl methyl sites for hydroxylation is 1. The number of nitriles is 1. The van der Waals surface area contributed by atoms with E-state index >= 15 is 0 Å². The standard InChI is InChI=1S/C5H4N3.3C4H9.Sn/c1-8-5(4-6)2-3-7-8;3*1-3-4-2;/h3H,1H3;3*1,3-4H2,2H3;. The molecular weight excluding hydrogens is 365 g/mol. The maximum absolute atomic E-state index is 9.55. The van der Waals surface area contributed by atoms with E-state index in [1.54, 1.807) is 4.68 Å². The summed E-state index contributed by atoms with van der Waals surface area (Å²) in [5, 5.41) is 14.0. The first-order valence-corrected chi connectivity index (χ1v) is 16.1. The molecule has 1 rings (SSSR count). The summed E-state index contributed by atoms with van der Waals surface area (Å²) in [6, 6.07) is 2.43. The summed E-state index contributed by atoms with van der Waals surface area (Å²) in [5.74, 6) is 0. The average Bonchev–Trinajstić information content (AvgIpc) is 2.88. The van der Waals surface area contributed by atoms with Gasteiger partial charge < -0.3 is 0 Å². The number of nitrogens with zero attached hydrogens (tertiary/aromatic N) is 3. The third-order valence-corrected chi connectivity index (χ3v) is 20.2. The summed E-state index contributed by atoms with van der Waals surface area (Å²) in [7, 11) is 1.91. The Hall–Kier alpha value is -0.501. The fraction of sp³-hybridized carbons (Fsp3) is 0.765. The van der Waals surface area contributed by atoms with E-state index in [2.05, 4.69) is 38.1 Å². The van der Waals surface area contributed by atoms with Crippen LogP contribution in [-0.2, 0) is 7.05 Å². The second-order valence-corrected chi connectivity index (χ2v) is 19.4. The number of hydrogen-bond donors (Lipinski definition) is 0. The van der Waals surface area contributed by atoms with E-state index in [0.29, 0.717) is 0 Å². The van der Waals surface area contributed by atoms with Crippen molar-refractivity contribution in [3.05, 3.63) is 11.9 Å². The molecule has 0 saturated heterocycles. The van der Waals surface area contributed by atoms with Gasteiger partial charge in [-0.2, -0.15) is 0 Å². The first-order valence-electron chi connectivity index (χ1n) is 8.57. The molecule has 0 saturated carbocycles. The van der Waals surface area contributed by atoms with Crippen LogP contribution in [0.5, 0.6) is 0 Å². The zero-order chi connectivity index (χ0) is 15.7. The Morgan fingerprint density at radius 1 is 1.05 bits per heavy atom. The topological polar surface area (TPSA) is 41.6 Å². The van der Waals surface area contributed by atoms with Crippen LogP contribution in [0, 0.1) is 11.3 Å². The van der Waals surface area contributed by atoms with E-state index < -0.39 is 18.4 Å². The molecule has 0 fully saturated rings. The van der Waals surface area contributed by atoms with Crippen molar-refractivity contribution < 1.29 is 0 Å². The molecule has 1 heterocycles. The van der Waals surface area contributed by atoms with Crippen molar-refractivity contribution in [2.24, 2.45) is 7.05 Å². The first-order chi connectivity index (χ1) is 10.1. The van der Waals surface area contributed by atoms with Crippen LogP contribution in [0.3, 0.4) is 0 Å². The van der Waals surface area contributed by atoms with Gasteiger partial charge in [0.15, 0.2) is 0 Å². The van der Waals surface area contributed by atoms with E-state index in [1.807, 2.05) is 7.05 Å². The second-order valence-electron chi connectivity index (χ2n) is 6.23. The third kappa shape index (κ3) is 4.74. The van der Waals surface area contributed by atoms with Gasteiger partial charge in [-0.3, -0.25) is 0 Å². The summed E-state index contributed by atoms with van der Waals surface area (Å²) >= 11 is -2.48. The fourth-order valence-corrected chi connectivity index (χ4v) is 19.6. The van der Waals surface area contributed by atoms with Gasteiger partial charge in [-0.05, 0) is 0 Å².